The molecule has 1 aromatic heterocycles. The molecule has 1 saturated heterocycles. The maximum Gasteiger partial charge on any atom is 0.414 e. The minimum absolute atomic E-state index is 0.327. The maximum absolute atomic E-state index is 14.8. The van der Waals surface area contributed by atoms with E-state index < -0.39 is 6.09 Å². The summed E-state index contributed by atoms with van der Waals surface area (Å²) in [5.41, 5.74) is 2.01. The van der Waals surface area contributed by atoms with Gasteiger partial charge in [-0.05, 0) is 47.9 Å². The van der Waals surface area contributed by atoms with Crippen LogP contribution in [0.25, 0.3) is 5.57 Å². The first-order valence-electron chi connectivity index (χ1n) is 9.23. The number of hydrogen-bond donors (Lipinski definition) is 1. The van der Waals surface area contributed by atoms with E-state index in [1.54, 1.807) is 29.2 Å². The van der Waals surface area contributed by atoms with Gasteiger partial charge in [-0.25, -0.2) is 18.8 Å². The topological polar surface area (TPSA) is 89.7 Å². The maximum atomic E-state index is 14.8. The zero-order valence-corrected chi connectivity index (χ0v) is 14.9. The van der Waals surface area contributed by atoms with Crippen LogP contribution < -0.4 is 4.90 Å². The first-order chi connectivity index (χ1) is 13.6. The van der Waals surface area contributed by atoms with Crippen molar-refractivity contribution in [3.63, 3.8) is 0 Å². The third-order valence-corrected chi connectivity index (χ3v) is 5.86. The summed E-state index contributed by atoms with van der Waals surface area (Å²) < 4.78 is 21.7. The third kappa shape index (κ3) is 2.96. The number of carbonyl (C=O) groups is 1. The predicted molar refractivity (Wildman–Crippen MR) is 95.7 cm³/mol. The number of ether oxygens (including phenoxy) is 1. The average Bonchev–Trinajstić information content (AvgIpc) is 3.16. The van der Waals surface area contributed by atoms with Gasteiger partial charge in [-0.3, -0.25) is 10.2 Å². The van der Waals surface area contributed by atoms with Crippen LogP contribution in [0.15, 0.2) is 36.7 Å². The van der Waals surface area contributed by atoms with Gasteiger partial charge in [0.2, 0.25) is 0 Å². The van der Waals surface area contributed by atoms with Gasteiger partial charge in [0.15, 0.2) is 0 Å². The number of hydrogen-bond acceptors (Lipinski definition) is 6. The third-order valence-electron chi connectivity index (χ3n) is 5.86. The molecule has 0 spiro atoms. The van der Waals surface area contributed by atoms with Gasteiger partial charge in [0, 0.05) is 11.8 Å². The summed E-state index contributed by atoms with van der Waals surface area (Å²) in [5.74, 6) is 0.754. The van der Waals surface area contributed by atoms with Gasteiger partial charge in [0.25, 0.3) is 0 Å². The molecule has 1 N–H and O–H groups in total. The number of carbonyl (C=O) groups excluding carboxylic acids is 1. The van der Waals surface area contributed by atoms with Gasteiger partial charge in [-0.1, -0.05) is 11.3 Å². The molecule has 0 unspecified atom stereocenters. The van der Waals surface area contributed by atoms with Gasteiger partial charge in [-0.2, -0.15) is 0 Å². The Hall–Kier alpha value is -2.78. The van der Waals surface area contributed by atoms with Gasteiger partial charge in [0.05, 0.1) is 31.6 Å². The average molecular weight is 386 g/mol. The second kappa shape index (κ2) is 6.68. The standard InChI is InChI=1S/C19H19FN4O4/c20-18-7-12(24-9-13(28-19(24)25)8-23-4-3-21-22-23)1-2-14(18)11-5-15-16(6-11)17(15)10-27-26/h1-5,7,13,15-17,26H,6,8-10H2/t13-,15-,16+,17+/m0/s1. The van der Waals surface area contributed by atoms with Crippen LogP contribution in [0, 0.1) is 23.6 Å². The number of rotatable bonds is 6. The van der Waals surface area contributed by atoms with Crippen molar-refractivity contribution in [2.45, 2.75) is 19.1 Å². The zero-order chi connectivity index (χ0) is 19.3. The fourth-order valence-electron chi connectivity index (χ4n) is 4.38. The molecule has 2 aromatic rings. The summed E-state index contributed by atoms with van der Waals surface area (Å²) in [7, 11) is 0. The highest BCUT2D eigenvalue weighted by atomic mass is 19.1. The number of fused-ring (bicyclic) bond motifs is 1. The normalized spacial score (nSPS) is 28.3. The van der Waals surface area contributed by atoms with Crippen molar-refractivity contribution in [3.8, 4) is 0 Å². The van der Waals surface area contributed by atoms with Crippen LogP contribution in [-0.2, 0) is 16.2 Å². The van der Waals surface area contributed by atoms with E-state index in [2.05, 4.69) is 21.3 Å². The highest BCUT2D eigenvalue weighted by Gasteiger charge is 2.52. The first-order valence-corrected chi connectivity index (χ1v) is 9.23. The minimum atomic E-state index is -0.495. The summed E-state index contributed by atoms with van der Waals surface area (Å²) in [4.78, 5) is 17.9. The lowest BCUT2D eigenvalue weighted by molar-refractivity contribution is -0.246. The molecule has 0 radical (unpaired) electrons. The number of halogens is 1. The first kappa shape index (κ1) is 17.3. The summed E-state index contributed by atoms with van der Waals surface area (Å²) in [5, 5.41) is 16.2. The molecule has 0 bridgehead atoms. The number of cyclic esters (lactones) is 1. The molecule has 1 saturated carbocycles. The Morgan fingerprint density at radius 3 is 2.96 bits per heavy atom. The summed E-state index contributed by atoms with van der Waals surface area (Å²) in [6, 6.07) is 4.85. The van der Waals surface area contributed by atoms with Crippen LogP contribution in [0.3, 0.4) is 0 Å². The van der Waals surface area contributed by atoms with E-state index in [0.717, 1.165) is 12.0 Å². The quantitative estimate of drug-likeness (QED) is 0.606. The molecule has 2 aliphatic carbocycles. The molecule has 2 heterocycles. The Kier molecular flexibility index (Phi) is 4.13. The van der Waals surface area contributed by atoms with E-state index in [4.69, 9.17) is 9.99 Å². The molecule has 3 aliphatic rings. The summed E-state index contributed by atoms with van der Waals surface area (Å²) in [6.45, 7) is 1.05. The van der Waals surface area contributed by atoms with Gasteiger partial charge >= 0.3 is 6.09 Å². The molecule has 8 nitrogen and oxygen atoms in total. The number of nitrogens with zero attached hydrogens (tertiary/aromatic N) is 4. The number of aromatic nitrogens is 3. The number of anilines is 1. The fraction of sp³-hybridized carbons (Fsp3) is 0.421. The van der Waals surface area contributed by atoms with Crippen LogP contribution in [-0.4, -0.2) is 45.6 Å². The molecule has 2 fully saturated rings. The molecule has 4 atom stereocenters. The van der Waals surface area contributed by atoms with Crippen molar-refractivity contribution < 1.29 is 24.1 Å². The van der Waals surface area contributed by atoms with Crippen molar-refractivity contribution >= 4 is 17.4 Å². The molecular weight excluding hydrogens is 367 g/mol. The number of allylic oxidation sites excluding steroid dienone is 2. The van der Waals surface area contributed by atoms with E-state index in [9.17, 15) is 9.18 Å². The van der Waals surface area contributed by atoms with E-state index in [1.165, 1.54) is 11.0 Å². The van der Waals surface area contributed by atoms with E-state index in [-0.39, 0.29) is 11.9 Å². The summed E-state index contributed by atoms with van der Waals surface area (Å²) in [6.07, 6.45) is 5.24. The van der Waals surface area contributed by atoms with Crippen LogP contribution in [0.4, 0.5) is 14.9 Å². The van der Waals surface area contributed by atoms with Crippen molar-refractivity contribution in [1.29, 1.82) is 0 Å². The predicted octanol–water partition coefficient (Wildman–Crippen LogP) is 2.58. The Morgan fingerprint density at radius 1 is 1.39 bits per heavy atom. The lowest BCUT2D eigenvalue weighted by Gasteiger charge is -2.15. The number of benzene rings is 1. The molecule has 28 heavy (non-hydrogen) atoms. The molecule has 1 aromatic carbocycles. The highest BCUT2D eigenvalue weighted by molar-refractivity contribution is 5.90. The van der Waals surface area contributed by atoms with Crippen molar-refractivity contribution in [1.82, 2.24) is 15.0 Å². The minimum Gasteiger partial charge on any atom is -0.442 e. The smallest absolute Gasteiger partial charge is 0.414 e. The van der Waals surface area contributed by atoms with Gasteiger partial charge < -0.3 is 4.74 Å². The van der Waals surface area contributed by atoms with Gasteiger partial charge in [-0.15, -0.1) is 5.10 Å². The van der Waals surface area contributed by atoms with E-state index >= 15 is 0 Å². The fourth-order valence-corrected chi connectivity index (χ4v) is 4.38. The monoisotopic (exact) mass is 386 g/mol. The zero-order valence-electron chi connectivity index (χ0n) is 14.9. The van der Waals surface area contributed by atoms with E-state index in [1.807, 2.05) is 0 Å². The highest BCUT2D eigenvalue weighted by Crippen LogP contribution is 2.58. The lowest BCUT2D eigenvalue weighted by Crippen LogP contribution is -2.26. The largest absolute Gasteiger partial charge is 0.442 e. The Labute approximate surface area is 160 Å². The molecule has 9 heteroatoms. The SMILES string of the molecule is O=C1O[C@@H](Cn2ccnn2)CN1c1ccc(C2=C[C@@H]3[C@@H](COO)[C@@H]3C2)c(F)c1. The van der Waals surface area contributed by atoms with Gasteiger partial charge in [0.1, 0.15) is 11.9 Å². The van der Waals surface area contributed by atoms with E-state index in [0.29, 0.717) is 48.7 Å². The van der Waals surface area contributed by atoms with Crippen LogP contribution in [0.5, 0.6) is 0 Å². The Bertz CT molecular complexity index is 932. The molecular formula is C19H19FN4O4. The molecule has 1 aliphatic heterocycles. The summed E-state index contributed by atoms with van der Waals surface area (Å²) >= 11 is 0. The van der Waals surface area contributed by atoms with Crippen molar-refractivity contribution in [3.05, 3.63) is 48.0 Å². The van der Waals surface area contributed by atoms with Crippen LogP contribution in [0.1, 0.15) is 12.0 Å². The van der Waals surface area contributed by atoms with Crippen LogP contribution >= 0.6 is 0 Å². The Morgan fingerprint density at radius 2 is 2.29 bits per heavy atom. The second-order valence-corrected chi connectivity index (χ2v) is 7.50. The lowest BCUT2D eigenvalue weighted by atomic mass is 10.00. The second-order valence-electron chi connectivity index (χ2n) is 7.50. The Balaban J connectivity index is 1.28. The van der Waals surface area contributed by atoms with Crippen molar-refractivity contribution in [2.24, 2.45) is 17.8 Å². The molecule has 146 valence electrons. The van der Waals surface area contributed by atoms with Crippen LogP contribution in [0.2, 0.25) is 0 Å². The molecule has 1 amide bonds. The van der Waals surface area contributed by atoms with Crippen molar-refractivity contribution in [2.75, 3.05) is 18.1 Å². The molecule has 5 rings (SSSR count). The number of amides is 1.